The van der Waals surface area contributed by atoms with Crippen LogP contribution in [0.2, 0.25) is 0 Å². The number of halogens is 1. The molecule has 3 heteroatoms. The van der Waals surface area contributed by atoms with E-state index in [4.69, 9.17) is 4.74 Å². The second kappa shape index (κ2) is 6.91. The molecule has 0 aliphatic carbocycles. The van der Waals surface area contributed by atoms with Gasteiger partial charge >= 0.3 is 0 Å². The van der Waals surface area contributed by atoms with Crippen molar-refractivity contribution in [3.05, 3.63) is 63.6 Å². The third kappa shape index (κ3) is 3.22. The van der Waals surface area contributed by atoms with Gasteiger partial charge in [-0.2, -0.15) is 0 Å². The highest BCUT2D eigenvalue weighted by Gasteiger charge is 2.19. The quantitative estimate of drug-likeness (QED) is 0.871. The minimum absolute atomic E-state index is 0.116. The van der Waals surface area contributed by atoms with Crippen molar-refractivity contribution in [2.75, 3.05) is 13.7 Å². The Morgan fingerprint density at radius 3 is 2.55 bits per heavy atom. The first-order chi connectivity index (χ1) is 9.67. The molecule has 2 nitrogen and oxygen atoms in total. The molecule has 0 amide bonds. The van der Waals surface area contributed by atoms with Gasteiger partial charge in [-0.1, -0.05) is 58.7 Å². The summed E-state index contributed by atoms with van der Waals surface area (Å²) in [6.07, 6.45) is 0. The number of hydrogen-bond donors (Lipinski definition) is 1. The van der Waals surface area contributed by atoms with E-state index < -0.39 is 0 Å². The molecule has 0 aliphatic heterocycles. The van der Waals surface area contributed by atoms with Crippen molar-refractivity contribution >= 4 is 15.9 Å². The highest BCUT2D eigenvalue weighted by molar-refractivity contribution is 9.10. The average Bonchev–Trinajstić information content (AvgIpc) is 2.46. The summed E-state index contributed by atoms with van der Waals surface area (Å²) in [4.78, 5) is 0. The van der Waals surface area contributed by atoms with E-state index in [0.717, 1.165) is 16.8 Å². The maximum atomic E-state index is 5.53. The molecule has 20 heavy (non-hydrogen) atoms. The lowest BCUT2D eigenvalue weighted by atomic mass is 9.96. The van der Waals surface area contributed by atoms with Gasteiger partial charge in [0.1, 0.15) is 5.75 Å². The van der Waals surface area contributed by atoms with Gasteiger partial charge in [0.15, 0.2) is 0 Å². The molecule has 2 aromatic rings. The molecule has 2 rings (SSSR count). The minimum atomic E-state index is 0.116. The molecule has 0 radical (unpaired) electrons. The fraction of sp³-hybridized carbons (Fsp3) is 0.294. The van der Waals surface area contributed by atoms with Crippen molar-refractivity contribution in [1.29, 1.82) is 0 Å². The number of ether oxygens (including phenoxy) is 1. The Balaban J connectivity index is 2.54. The predicted molar refractivity (Wildman–Crippen MR) is 87.4 cm³/mol. The summed E-state index contributed by atoms with van der Waals surface area (Å²) in [5.74, 6) is 0.914. The lowest BCUT2D eigenvalue weighted by Gasteiger charge is -2.23. The maximum absolute atomic E-state index is 5.53. The molecule has 0 aliphatic rings. The molecule has 1 unspecified atom stereocenters. The van der Waals surface area contributed by atoms with E-state index in [2.05, 4.69) is 65.4 Å². The van der Waals surface area contributed by atoms with E-state index >= 15 is 0 Å². The first-order valence-corrected chi connectivity index (χ1v) is 7.59. The van der Waals surface area contributed by atoms with Crippen LogP contribution in [0.5, 0.6) is 5.75 Å². The largest absolute Gasteiger partial charge is 0.496 e. The van der Waals surface area contributed by atoms with Crippen LogP contribution in [0.1, 0.15) is 29.7 Å². The third-order valence-corrected chi connectivity index (χ3v) is 4.04. The standard InChI is InChI=1S/C17H20BrNO/c1-4-19-17(13-7-5-6-8-15(13)18)14-11-12(2)9-10-16(14)20-3/h5-11,17,19H,4H2,1-3H3. The van der Waals surface area contributed by atoms with E-state index in [1.54, 1.807) is 7.11 Å². The van der Waals surface area contributed by atoms with Gasteiger partial charge in [-0.05, 0) is 31.2 Å². The van der Waals surface area contributed by atoms with Crippen LogP contribution in [-0.4, -0.2) is 13.7 Å². The molecule has 2 aromatic carbocycles. The van der Waals surface area contributed by atoms with Crippen molar-refractivity contribution < 1.29 is 4.74 Å². The monoisotopic (exact) mass is 333 g/mol. The number of hydrogen-bond acceptors (Lipinski definition) is 2. The molecule has 0 saturated carbocycles. The summed E-state index contributed by atoms with van der Waals surface area (Å²) < 4.78 is 6.64. The van der Waals surface area contributed by atoms with Gasteiger partial charge in [0.25, 0.3) is 0 Å². The second-order valence-corrected chi connectivity index (χ2v) is 5.61. The van der Waals surface area contributed by atoms with Gasteiger partial charge in [0.05, 0.1) is 13.2 Å². The van der Waals surface area contributed by atoms with E-state index in [0.29, 0.717) is 0 Å². The summed E-state index contributed by atoms with van der Waals surface area (Å²) in [5.41, 5.74) is 3.62. The van der Waals surface area contributed by atoms with Crippen LogP contribution in [0.25, 0.3) is 0 Å². The van der Waals surface area contributed by atoms with E-state index in [-0.39, 0.29) is 6.04 Å². The van der Waals surface area contributed by atoms with Crippen LogP contribution in [-0.2, 0) is 0 Å². The Kier molecular flexibility index (Phi) is 5.21. The number of benzene rings is 2. The minimum Gasteiger partial charge on any atom is -0.496 e. The predicted octanol–water partition coefficient (Wildman–Crippen LogP) is 4.47. The van der Waals surface area contributed by atoms with Crippen LogP contribution >= 0.6 is 15.9 Å². The zero-order chi connectivity index (χ0) is 14.5. The molecule has 0 saturated heterocycles. The summed E-state index contributed by atoms with van der Waals surface area (Å²) in [6.45, 7) is 5.11. The van der Waals surface area contributed by atoms with E-state index in [1.807, 2.05) is 12.1 Å². The Morgan fingerprint density at radius 1 is 1.15 bits per heavy atom. The van der Waals surface area contributed by atoms with Gasteiger partial charge in [-0.15, -0.1) is 0 Å². The Morgan fingerprint density at radius 2 is 1.90 bits per heavy atom. The molecular formula is C17H20BrNO. The van der Waals surface area contributed by atoms with Gasteiger partial charge < -0.3 is 10.1 Å². The molecular weight excluding hydrogens is 314 g/mol. The zero-order valence-electron chi connectivity index (χ0n) is 12.1. The second-order valence-electron chi connectivity index (χ2n) is 4.76. The highest BCUT2D eigenvalue weighted by Crippen LogP contribution is 2.34. The van der Waals surface area contributed by atoms with Gasteiger partial charge in [0.2, 0.25) is 0 Å². The van der Waals surface area contributed by atoms with Crippen molar-refractivity contribution in [1.82, 2.24) is 5.32 Å². The number of aryl methyl sites for hydroxylation is 1. The first-order valence-electron chi connectivity index (χ1n) is 6.79. The van der Waals surface area contributed by atoms with Crippen molar-refractivity contribution in [3.8, 4) is 5.75 Å². The van der Waals surface area contributed by atoms with Crippen molar-refractivity contribution in [2.45, 2.75) is 19.9 Å². The first kappa shape index (κ1) is 15.1. The molecule has 0 bridgehead atoms. The normalized spacial score (nSPS) is 12.2. The molecule has 0 aromatic heterocycles. The SMILES string of the molecule is CCNC(c1ccccc1Br)c1cc(C)ccc1OC. The fourth-order valence-electron chi connectivity index (χ4n) is 2.38. The van der Waals surface area contributed by atoms with Gasteiger partial charge in [0, 0.05) is 10.0 Å². The number of nitrogens with one attached hydrogen (secondary N) is 1. The molecule has 106 valence electrons. The van der Waals surface area contributed by atoms with Crippen molar-refractivity contribution in [3.63, 3.8) is 0 Å². The summed E-state index contributed by atoms with van der Waals surface area (Å²) >= 11 is 3.65. The van der Waals surface area contributed by atoms with E-state index in [9.17, 15) is 0 Å². The van der Waals surface area contributed by atoms with Crippen LogP contribution in [0.15, 0.2) is 46.9 Å². The molecule has 1 N–H and O–H groups in total. The molecule has 1 atom stereocenters. The van der Waals surface area contributed by atoms with Crippen LogP contribution in [0.3, 0.4) is 0 Å². The van der Waals surface area contributed by atoms with E-state index in [1.165, 1.54) is 16.7 Å². The Bertz CT molecular complexity index is 583. The van der Waals surface area contributed by atoms with Crippen molar-refractivity contribution in [2.24, 2.45) is 0 Å². The topological polar surface area (TPSA) is 21.3 Å². The Labute approximate surface area is 129 Å². The van der Waals surface area contributed by atoms with Gasteiger partial charge in [-0.25, -0.2) is 0 Å². The average molecular weight is 334 g/mol. The maximum Gasteiger partial charge on any atom is 0.124 e. The lowest BCUT2D eigenvalue weighted by molar-refractivity contribution is 0.404. The van der Waals surface area contributed by atoms with Crippen LogP contribution < -0.4 is 10.1 Å². The molecule has 0 heterocycles. The number of rotatable bonds is 5. The highest BCUT2D eigenvalue weighted by atomic mass is 79.9. The third-order valence-electron chi connectivity index (χ3n) is 3.32. The Hall–Kier alpha value is -1.32. The fourth-order valence-corrected chi connectivity index (χ4v) is 2.89. The summed E-state index contributed by atoms with van der Waals surface area (Å²) in [5, 5.41) is 3.55. The smallest absolute Gasteiger partial charge is 0.124 e. The summed E-state index contributed by atoms with van der Waals surface area (Å²) in [7, 11) is 1.72. The molecule has 0 spiro atoms. The summed E-state index contributed by atoms with van der Waals surface area (Å²) in [6, 6.07) is 14.7. The molecule has 0 fully saturated rings. The van der Waals surface area contributed by atoms with Gasteiger partial charge in [-0.3, -0.25) is 0 Å². The zero-order valence-corrected chi connectivity index (χ0v) is 13.7. The lowest BCUT2D eigenvalue weighted by Crippen LogP contribution is -2.23. The van der Waals surface area contributed by atoms with Crippen LogP contribution in [0.4, 0.5) is 0 Å². The number of methoxy groups -OCH3 is 1. The van der Waals surface area contributed by atoms with Crippen LogP contribution in [0, 0.1) is 6.92 Å².